The zero-order chi connectivity index (χ0) is 11.1. The number of carbonyl (C=O) groups excluding carboxylic acids is 1. The van der Waals surface area contributed by atoms with Gasteiger partial charge in [0.1, 0.15) is 0 Å². The largest absolute Gasteiger partial charge is 0.338 e. The highest BCUT2D eigenvalue weighted by Gasteiger charge is 2.23. The third-order valence-electron chi connectivity index (χ3n) is 2.51. The highest BCUT2D eigenvalue weighted by molar-refractivity contribution is 5.79. The fourth-order valence-corrected chi connectivity index (χ4v) is 1.37. The molecule has 0 aliphatic heterocycles. The lowest BCUT2D eigenvalue weighted by Crippen LogP contribution is -2.38. The van der Waals surface area contributed by atoms with Gasteiger partial charge in [-0.05, 0) is 12.8 Å². The van der Waals surface area contributed by atoms with E-state index < -0.39 is 12.3 Å². The minimum absolute atomic E-state index is 0.331. The second kappa shape index (κ2) is 6.74. The summed E-state index contributed by atoms with van der Waals surface area (Å²) in [6, 6.07) is 0. The van der Waals surface area contributed by atoms with E-state index in [1.165, 1.54) is 4.90 Å². The van der Waals surface area contributed by atoms with Gasteiger partial charge in [-0.25, -0.2) is 0 Å². The maximum Gasteiger partial charge on any atom is 0.315 e. The molecule has 0 heterocycles. The van der Waals surface area contributed by atoms with E-state index in [2.05, 4.69) is 0 Å². The summed E-state index contributed by atoms with van der Waals surface area (Å²) in [4.78, 5) is 12.3. The van der Waals surface area contributed by atoms with Gasteiger partial charge in [0, 0.05) is 13.1 Å². The molecule has 1 amide bonds. The van der Waals surface area contributed by atoms with Gasteiger partial charge in [0.2, 0.25) is 0 Å². The third-order valence-corrected chi connectivity index (χ3v) is 2.51. The van der Waals surface area contributed by atoms with E-state index in [0.29, 0.717) is 19.0 Å². The molecule has 0 radical (unpaired) electrons. The molecule has 0 N–H and O–H groups in total. The van der Waals surface area contributed by atoms with Crippen molar-refractivity contribution >= 4 is 5.91 Å². The Balaban J connectivity index is 4.20. The van der Waals surface area contributed by atoms with Crippen LogP contribution in [0.1, 0.15) is 33.6 Å². The second-order valence-electron chi connectivity index (χ2n) is 3.36. The first-order valence-electron chi connectivity index (χ1n) is 5.13. The van der Waals surface area contributed by atoms with Gasteiger partial charge in [0.05, 0.1) is 0 Å². The zero-order valence-electron chi connectivity index (χ0n) is 9.09. The van der Waals surface area contributed by atoms with Crippen LogP contribution in [0, 0.1) is 5.92 Å². The molecule has 4 heteroatoms. The molecule has 0 fully saturated rings. The summed E-state index contributed by atoms with van der Waals surface area (Å²) in [5, 5.41) is 0. The maximum atomic E-state index is 12.1. The van der Waals surface area contributed by atoms with E-state index in [0.717, 1.165) is 12.8 Å². The molecule has 0 saturated heterocycles. The van der Waals surface area contributed by atoms with Crippen molar-refractivity contribution in [3.8, 4) is 0 Å². The molecule has 0 bridgehead atoms. The average Bonchev–Trinajstić information content (AvgIpc) is 2.19. The number of carbonyl (C=O) groups is 1. The van der Waals surface area contributed by atoms with Gasteiger partial charge in [-0.1, -0.05) is 26.7 Å². The summed E-state index contributed by atoms with van der Waals surface area (Å²) in [6.45, 7) is 6.55. The summed E-state index contributed by atoms with van der Waals surface area (Å²) in [5.74, 6) is -0.711. The fourth-order valence-electron chi connectivity index (χ4n) is 1.37. The molecule has 0 aromatic carbocycles. The molecule has 0 aromatic heterocycles. The zero-order valence-corrected chi connectivity index (χ0v) is 9.09. The summed E-state index contributed by atoms with van der Waals surface area (Å²) in [5.41, 5.74) is 0. The van der Waals surface area contributed by atoms with Gasteiger partial charge < -0.3 is 4.90 Å². The van der Waals surface area contributed by atoms with E-state index >= 15 is 0 Å². The van der Waals surface area contributed by atoms with Crippen LogP contribution in [0.3, 0.4) is 0 Å². The molecule has 2 nitrogen and oxygen atoms in total. The third kappa shape index (κ3) is 4.03. The van der Waals surface area contributed by atoms with E-state index in [-0.39, 0.29) is 0 Å². The first kappa shape index (κ1) is 13.3. The van der Waals surface area contributed by atoms with Crippen molar-refractivity contribution in [1.29, 1.82) is 0 Å². The van der Waals surface area contributed by atoms with Crippen molar-refractivity contribution in [3.63, 3.8) is 0 Å². The van der Waals surface area contributed by atoms with Crippen LogP contribution in [-0.2, 0) is 4.79 Å². The van der Waals surface area contributed by atoms with Gasteiger partial charge in [-0.3, -0.25) is 4.79 Å². The van der Waals surface area contributed by atoms with Gasteiger partial charge in [0.15, 0.2) is 0 Å². The standard InChI is InChI=1S/C10H19F2NO/c1-4-8(5-2)7-13(6-3)10(14)9(11)12/h8-9H,4-7H2,1-3H3. The number of nitrogens with zero attached hydrogens (tertiary/aromatic N) is 1. The quantitative estimate of drug-likeness (QED) is 0.655. The van der Waals surface area contributed by atoms with E-state index in [4.69, 9.17) is 0 Å². The number of hydrogen-bond donors (Lipinski definition) is 0. The summed E-state index contributed by atoms with van der Waals surface area (Å²) in [6.07, 6.45) is -1.03. The number of hydrogen-bond acceptors (Lipinski definition) is 1. The number of halogens is 2. The monoisotopic (exact) mass is 207 g/mol. The molecule has 0 aliphatic carbocycles. The fraction of sp³-hybridized carbons (Fsp3) is 0.900. The minimum Gasteiger partial charge on any atom is -0.338 e. The van der Waals surface area contributed by atoms with Crippen LogP contribution in [0.5, 0.6) is 0 Å². The lowest BCUT2D eigenvalue weighted by Gasteiger charge is -2.24. The highest BCUT2D eigenvalue weighted by atomic mass is 19.3. The normalized spacial score (nSPS) is 11.1. The van der Waals surface area contributed by atoms with Crippen LogP contribution in [0.15, 0.2) is 0 Å². The topological polar surface area (TPSA) is 20.3 Å². The molecule has 0 aromatic rings. The number of rotatable bonds is 6. The summed E-state index contributed by atoms with van der Waals surface area (Å²) < 4.78 is 24.3. The molecule has 0 saturated carbocycles. The Bertz CT molecular complexity index is 170. The van der Waals surface area contributed by atoms with Crippen molar-refractivity contribution in [3.05, 3.63) is 0 Å². The van der Waals surface area contributed by atoms with Gasteiger partial charge in [-0.15, -0.1) is 0 Å². The summed E-state index contributed by atoms with van der Waals surface area (Å²) >= 11 is 0. The molecular formula is C10H19F2NO. The Hall–Kier alpha value is -0.670. The SMILES string of the molecule is CCC(CC)CN(CC)C(=O)C(F)F. The van der Waals surface area contributed by atoms with E-state index in [1.54, 1.807) is 6.92 Å². The molecule has 0 aliphatic rings. The Labute approximate surface area is 84.3 Å². The smallest absolute Gasteiger partial charge is 0.315 e. The average molecular weight is 207 g/mol. The van der Waals surface area contributed by atoms with Crippen LogP contribution in [-0.4, -0.2) is 30.3 Å². The molecular weight excluding hydrogens is 188 g/mol. The maximum absolute atomic E-state index is 12.1. The van der Waals surface area contributed by atoms with Crippen molar-refractivity contribution in [2.45, 2.75) is 40.0 Å². The number of alkyl halides is 2. The van der Waals surface area contributed by atoms with Crippen molar-refractivity contribution < 1.29 is 13.6 Å². The second-order valence-corrected chi connectivity index (χ2v) is 3.36. The molecule has 84 valence electrons. The van der Waals surface area contributed by atoms with E-state index in [9.17, 15) is 13.6 Å². The van der Waals surface area contributed by atoms with Crippen LogP contribution in [0.25, 0.3) is 0 Å². The molecule has 0 rings (SSSR count). The molecule has 0 atom stereocenters. The van der Waals surface area contributed by atoms with Crippen LogP contribution in [0.4, 0.5) is 8.78 Å². The Kier molecular flexibility index (Phi) is 6.41. The Morgan fingerprint density at radius 1 is 1.21 bits per heavy atom. The summed E-state index contributed by atoms with van der Waals surface area (Å²) in [7, 11) is 0. The van der Waals surface area contributed by atoms with Crippen LogP contribution in [0.2, 0.25) is 0 Å². The molecule has 0 spiro atoms. The van der Waals surface area contributed by atoms with Gasteiger partial charge >= 0.3 is 6.43 Å². The lowest BCUT2D eigenvalue weighted by molar-refractivity contribution is -0.143. The number of amides is 1. The predicted molar refractivity (Wildman–Crippen MR) is 52.3 cm³/mol. The van der Waals surface area contributed by atoms with E-state index in [1.807, 2.05) is 13.8 Å². The van der Waals surface area contributed by atoms with Gasteiger partial charge in [-0.2, -0.15) is 8.78 Å². The van der Waals surface area contributed by atoms with Crippen LogP contribution < -0.4 is 0 Å². The van der Waals surface area contributed by atoms with Crippen LogP contribution >= 0.6 is 0 Å². The predicted octanol–water partition coefficient (Wildman–Crippen LogP) is 2.54. The first-order chi connectivity index (χ1) is 6.56. The minimum atomic E-state index is -2.87. The Morgan fingerprint density at radius 2 is 1.71 bits per heavy atom. The van der Waals surface area contributed by atoms with Crippen molar-refractivity contribution in [1.82, 2.24) is 4.90 Å². The molecule has 0 unspecified atom stereocenters. The van der Waals surface area contributed by atoms with Crippen molar-refractivity contribution in [2.24, 2.45) is 5.92 Å². The first-order valence-corrected chi connectivity index (χ1v) is 5.13. The van der Waals surface area contributed by atoms with Gasteiger partial charge in [0.25, 0.3) is 5.91 Å². The van der Waals surface area contributed by atoms with Crippen molar-refractivity contribution in [2.75, 3.05) is 13.1 Å². The lowest BCUT2D eigenvalue weighted by atomic mass is 10.0. The highest BCUT2D eigenvalue weighted by Crippen LogP contribution is 2.11. The molecule has 14 heavy (non-hydrogen) atoms. The Morgan fingerprint density at radius 3 is 2.00 bits per heavy atom.